The van der Waals surface area contributed by atoms with E-state index in [0.717, 1.165) is 24.4 Å². The summed E-state index contributed by atoms with van der Waals surface area (Å²) in [5.41, 5.74) is 0.0876. The zero-order valence-corrected chi connectivity index (χ0v) is 17.7. The molecular weight excluding hydrogens is 405 g/mol. The number of carbonyl (C=O) groups excluding carboxylic acids is 1. The highest BCUT2D eigenvalue weighted by atomic mass is 19.4. The van der Waals surface area contributed by atoms with Crippen LogP contribution in [0.3, 0.4) is 0 Å². The van der Waals surface area contributed by atoms with E-state index in [2.05, 4.69) is 10.4 Å². The van der Waals surface area contributed by atoms with Gasteiger partial charge in [0.05, 0.1) is 5.69 Å². The Morgan fingerprint density at radius 3 is 2.23 bits per heavy atom. The van der Waals surface area contributed by atoms with Crippen molar-refractivity contribution >= 4 is 5.91 Å². The van der Waals surface area contributed by atoms with Gasteiger partial charge < -0.3 is 5.32 Å². The molecule has 1 aromatic carbocycles. The Hall–Kier alpha value is -2.45. The van der Waals surface area contributed by atoms with Crippen molar-refractivity contribution in [1.82, 2.24) is 15.1 Å². The van der Waals surface area contributed by atoms with Crippen LogP contribution in [0.2, 0.25) is 0 Å². The maximum absolute atomic E-state index is 13.5. The molecule has 0 spiro atoms. The molecule has 1 N–H and O–H groups in total. The molecule has 2 rings (SSSR count). The monoisotopic (exact) mass is 433 g/mol. The first-order valence-corrected chi connectivity index (χ1v) is 9.97. The minimum Gasteiger partial charge on any atom is -0.356 e. The van der Waals surface area contributed by atoms with Crippen LogP contribution in [0.25, 0.3) is 0 Å². The molecular formula is C21H28F5N3O. The van der Waals surface area contributed by atoms with Crippen LogP contribution in [0.4, 0.5) is 22.0 Å². The third kappa shape index (κ3) is 7.42. The van der Waals surface area contributed by atoms with E-state index < -0.39 is 23.4 Å². The molecule has 168 valence electrons. The third-order valence-electron chi connectivity index (χ3n) is 4.24. The molecule has 0 saturated heterocycles. The second-order valence-electron chi connectivity index (χ2n) is 6.48. The average molecular weight is 433 g/mol. The summed E-state index contributed by atoms with van der Waals surface area (Å²) in [7, 11) is 0. The van der Waals surface area contributed by atoms with Crippen molar-refractivity contribution in [3.63, 3.8) is 0 Å². The highest BCUT2D eigenvalue weighted by Crippen LogP contribution is 2.34. The third-order valence-corrected chi connectivity index (χ3v) is 4.24. The molecule has 9 heteroatoms. The van der Waals surface area contributed by atoms with Gasteiger partial charge in [0.25, 0.3) is 0 Å². The largest absolute Gasteiger partial charge is 0.422 e. The second kappa shape index (κ2) is 11.7. The van der Waals surface area contributed by atoms with Gasteiger partial charge in [0.2, 0.25) is 5.91 Å². The van der Waals surface area contributed by atoms with Crippen LogP contribution in [0.15, 0.2) is 18.2 Å². The van der Waals surface area contributed by atoms with E-state index in [1.165, 1.54) is 0 Å². The Morgan fingerprint density at radius 1 is 1.10 bits per heavy atom. The van der Waals surface area contributed by atoms with Crippen molar-refractivity contribution in [3.05, 3.63) is 52.3 Å². The van der Waals surface area contributed by atoms with Crippen LogP contribution in [0, 0.1) is 18.6 Å². The second-order valence-corrected chi connectivity index (χ2v) is 6.48. The van der Waals surface area contributed by atoms with Crippen LogP contribution in [-0.2, 0) is 30.4 Å². The highest BCUT2D eigenvalue weighted by molar-refractivity contribution is 5.76. The predicted molar refractivity (Wildman–Crippen MR) is 105 cm³/mol. The molecule has 0 atom stereocenters. The van der Waals surface area contributed by atoms with Crippen molar-refractivity contribution in [3.8, 4) is 0 Å². The number of alkyl halides is 3. The number of hydrogen-bond donors (Lipinski definition) is 1. The molecule has 30 heavy (non-hydrogen) atoms. The SMILES string of the molecule is CC.CCn1nc(C)cc1CCCNC(=O)CCc1cc(F)c(C(F)(F)F)c(F)c1. The lowest BCUT2D eigenvalue weighted by atomic mass is 10.1. The summed E-state index contributed by atoms with van der Waals surface area (Å²) in [6, 6.07) is 3.22. The molecule has 0 unspecified atom stereocenters. The Labute approximate surface area is 173 Å². The molecule has 0 aliphatic carbocycles. The molecule has 1 aromatic heterocycles. The molecule has 0 aliphatic heterocycles. The molecule has 0 aliphatic rings. The summed E-state index contributed by atoms with van der Waals surface area (Å²) >= 11 is 0. The first kappa shape index (κ1) is 25.6. The number of halogens is 5. The van der Waals surface area contributed by atoms with Gasteiger partial charge in [0, 0.05) is 25.2 Å². The molecule has 0 radical (unpaired) electrons. The normalized spacial score (nSPS) is 11.1. The van der Waals surface area contributed by atoms with Gasteiger partial charge >= 0.3 is 6.18 Å². The number of hydrogen-bond acceptors (Lipinski definition) is 2. The smallest absolute Gasteiger partial charge is 0.356 e. The molecule has 1 amide bonds. The number of aryl methyl sites for hydroxylation is 4. The maximum Gasteiger partial charge on any atom is 0.422 e. The topological polar surface area (TPSA) is 46.9 Å². The summed E-state index contributed by atoms with van der Waals surface area (Å²) in [4.78, 5) is 11.9. The lowest BCUT2D eigenvalue weighted by molar-refractivity contribution is -0.142. The fraction of sp³-hybridized carbons (Fsp3) is 0.524. The predicted octanol–water partition coefficient (Wildman–Crippen LogP) is 5.22. The summed E-state index contributed by atoms with van der Waals surface area (Å²) in [6.07, 6.45) is -3.80. The highest BCUT2D eigenvalue weighted by Gasteiger charge is 2.37. The minimum absolute atomic E-state index is 0.000438. The Morgan fingerprint density at radius 2 is 1.70 bits per heavy atom. The number of amides is 1. The van der Waals surface area contributed by atoms with E-state index in [4.69, 9.17) is 0 Å². The van der Waals surface area contributed by atoms with Gasteiger partial charge in [-0.25, -0.2) is 8.78 Å². The number of nitrogens with one attached hydrogen (secondary N) is 1. The summed E-state index contributed by atoms with van der Waals surface area (Å²) in [5, 5.41) is 7.04. The van der Waals surface area contributed by atoms with Gasteiger partial charge in [-0.05, 0) is 56.9 Å². The van der Waals surface area contributed by atoms with Crippen molar-refractivity contribution < 1.29 is 26.7 Å². The first-order chi connectivity index (χ1) is 14.1. The molecule has 2 aromatic rings. The van der Waals surface area contributed by atoms with Crippen molar-refractivity contribution in [2.24, 2.45) is 0 Å². The number of rotatable bonds is 8. The van der Waals surface area contributed by atoms with E-state index in [9.17, 15) is 26.7 Å². The number of nitrogens with zero attached hydrogens (tertiary/aromatic N) is 2. The maximum atomic E-state index is 13.5. The first-order valence-electron chi connectivity index (χ1n) is 9.97. The summed E-state index contributed by atoms with van der Waals surface area (Å²) in [6.45, 7) is 9.08. The van der Waals surface area contributed by atoms with Gasteiger partial charge in [0.15, 0.2) is 0 Å². The molecule has 0 bridgehead atoms. The van der Waals surface area contributed by atoms with Crippen molar-refractivity contribution in [2.75, 3.05) is 6.54 Å². The van der Waals surface area contributed by atoms with Crippen LogP contribution in [0.1, 0.15) is 56.1 Å². The molecule has 0 fully saturated rings. The molecule has 1 heterocycles. The fourth-order valence-electron chi connectivity index (χ4n) is 2.96. The Balaban J connectivity index is 0.00000218. The average Bonchev–Trinajstić information content (AvgIpc) is 3.03. The van der Waals surface area contributed by atoms with Crippen LogP contribution in [0.5, 0.6) is 0 Å². The van der Waals surface area contributed by atoms with E-state index in [1.54, 1.807) is 0 Å². The Kier molecular flexibility index (Phi) is 9.95. The van der Waals surface area contributed by atoms with Gasteiger partial charge in [-0.15, -0.1) is 0 Å². The quantitative estimate of drug-likeness (QED) is 0.459. The van der Waals surface area contributed by atoms with E-state index in [-0.39, 0.29) is 24.3 Å². The van der Waals surface area contributed by atoms with Crippen molar-refractivity contribution in [2.45, 2.75) is 66.1 Å². The zero-order valence-electron chi connectivity index (χ0n) is 17.7. The number of aromatic nitrogens is 2. The van der Waals surface area contributed by atoms with Gasteiger partial charge in [0.1, 0.15) is 17.2 Å². The summed E-state index contributed by atoms with van der Waals surface area (Å²) < 4.78 is 66.6. The lowest BCUT2D eigenvalue weighted by Crippen LogP contribution is -2.25. The van der Waals surface area contributed by atoms with E-state index in [1.807, 2.05) is 38.4 Å². The summed E-state index contributed by atoms with van der Waals surface area (Å²) in [5.74, 6) is -3.68. The van der Waals surface area contributed by atoms with Crippen LogP contribution in [-0.4, -0.2) is 22.2 Å². The van der Waals surface area contributed by atoms with Crippen LogP contribution >= 0.6 is 0 Å². The van der Waals surface area contributed by atoms with Crippen molar-refractivity contribution in [1.29, 1.82) is 0 Å². The standard InChI is InChI=1S/C19H22F5N3O.C2H6/c1-3-27-14(9-12(2)26-27)5-4-8-25-17(28)7-6-13-10-15(20)18(16(21)11-13)19(22,23)24;1-2/h9-11H,3-8H2,1-2H3,(H,25,28);1-2H3. The minimum atomic E-state index is -5.10. The van der Waals surface area contributed by atoms with E-state index in [0.29, 0.717) is 25.1 Å². The fourth-order valence-corrected chi connectivity index (χ4v) is 2.96. The lowest BCUT2D eigenvalue weighted by Gasteiger charge is -2.11. The van der Waals surface area contributed by atoms with Gasteiger partial charge in [-0.3, -0.25) is 9.48 Å². The number of carbonyl (C=O) groups is 1. The zero-order chi connectivity index (χ0) is 22.9. The van der Waals surface area contributed by atoms with Gasteiger partial charge in [-0.2, -0.15) is 18.3 Å². The number of benzene rings is 1. The molecule has 0 saturated carbocycles. The van der Waals surface area contributed by atoms with Crippen LogP contribution < -0.4 is 5.32 Å². The van der Waals surface area contributed by atoms with Gasteiger partial charge in [-0.1, -0.05) is 13.8 Å². The molecule has 4 nitrogen and oxygen atoms in total. The van der Waals surface area contributed by atoms with E-state index >= 15 is 0 Å². The Bertz CT molecular complexity index is 808.